The lowest BCUT2D eigenvalue weighted by molar-refractivity contribution is 0.323. The summed E-state index contributed by atoms with van der Waals surface area (Å²) >= 11 is 0. The van der Waals surface area contributed by atoms with Crippen molar-refractivity contribution in [2.24, 2.45) is 5.73 Å². The van der Waals surface area contributed by atoms with Crippen molar-refractivity contribution in [3.63, 3.8) is 0 Å². The molecule has 0 saturated heterocycles. The zero-order chi connectivity index (χ0) is 11.8. The first-order valence-corrected chi connectivity index (χ1v) is 5.11. The first-order chi connectivity index (χ1) is 7.77. The maximum Gasteiger partial charge on any atom is 0.270 e. The highest BCUT2D eigenvalue weighted by atomic mass is 16.5. The molecule has 1 aromatic heterocycles. The van der Waals surface area contributed by atoms with Gasteiger partial charge in [0.25, 0.3) is 5.56 Å². The highest BCUT2D eigenvalue weighted by molar-refractivity contribution is 5.13. The molecule has 5 nitrogen and oxygen atoms in total. The van der Waals surface area contributed by atoms with Crippen molar-refractivity contribution in [2.75, 3.05) is 13.2 Å². The second kappa shape index (κ2) is 6.64. The Morgan fingerprint density at radius 1 is 1.62 bits per heavy atom. The van der Waals surface area contributed by atoms with E-state index in [1.807, 2.05) is 0 Å². The van der Waals surface area contributed by atoms with Gasteiger partial charge in [0, 0.05) is 25.6 Å². The van der Waals surface area contributed by atoms with Gasteiger partial charge in [-0.1, -0.05) is 0 Å². The highest BCUT2D eigenvalue weighted by Gasteiger charge is 2.00. The lowest BCUT2D eigenvalue weighted by atomic mass is 10.3. The molecule has 0 saturated carbocycles. The first kappa shape index (κ1) is 12.3. The van der Waals surface area contributed by atoms with Crippen molar-refractivity contribution in [3.8, 4) is 18.1 Å². The Bertz CT molecular complexity index is 420. The van der Waals surface area contributed by atoms with Gasteiger partial charge in [0.2, 0.25) is 0 Å². The summed E-state index contributed by atoms with van der Waals surface area (Å²) in [6.45, 7) is 1.31. The van der Waals surface area contributed by atoms with Crippen LogP contribution in [0, 0.1) is 12.3 Å². The molecule has 0 aliphatic rings. The second-order valence-corrected chi connectivity index (χ2v) is 3.20. The van der Waals surface area contributed by atoms with E-state index in [-0.39, 0.29) is 5.56 Å². The van der Waals surface area contributed by atoms with Crippen LogP contribution in [0.1, 0.15) is 12.8 Å². The molecule has 0 spiro atoms. The zero-order valence-electron chi connectivity index (χ0n) is 9.06. The number of nitrogens with two attached hydrogens (primary N) is 1. The van der Waals surface area contributed by atoms with Gasteiger partial charge in [-0.05, 0) is 6.42 Å². The Balaban J connectivity index is 2.61. The van der Waals surface area contributed by atoms with Gasteiger partial charge in [0.15, 0.2) is 0 Å². The minimum Gasteiger partial charge on any atom is -0.490 e. The minimum atomic E-state index is -0.188. The molecule has 86 valence electrons. The molecule has 0 aliphatic carbocycles. The molecule has 1 aromatic rings. The molecule has 0 unspecified atom stereocenters. The highest BCUT2D eigenvalue weighted by Crippen LogP contribution is 2.02. The molecule has 0 bridgehead atoms. The quantitative estimate of drug-likeness (QED) is 0.542. The van der Waals surface area contributed by atoms with Gasteiger partial charge in [-0.15, -0.1) is 12.3 Å². The molecular weight excluding hydrogens is 206 g/mol. The molecule has 0 atom stereocenters. The standard InChI is InChI=1S/C11H15N3O2/c1-2-3-4-6-14-11(15)8-10(9-13-14)16-7-5-12/h1,8-9H,3-7,12H2. The maximum atomic E-state index is 11.5. The number of rotatable bonds is 6. The summed E-state index contributed by atoms with van der Waals surface area (Å²) in [7, 11) is 0. The van der Waals surface area contributed by atoms with Crippen molar-refractivity contribution in [1.29, 1.82) is 0 Å². The molecule has 0 radical (unpaired) electrons. The Labute approximate surface area is 94.2 Å². The van der Waals surface area contributed by atoms with Gasteiger partial charge in [-0.25, -0.2) is 4.68 Å². The first-order valence-electron chi connectivity index (χ1n) is 5.11. The van der Waals surface area contributed by atoms with E-state index in [4.69, 9.17) is 16.9 Å². The van der Waals surface area contributed by atoms with Crippen LogP contribution in [0.3, 0.4) is 0 Å². The molecule has 0 aliphatic heterocycles. The minimum absolute atomic E-state index is 0.188. The smallest absolute Gasteiger partial charge is 0.270 e. The fraction of sp³-hybridized carbons (Fsp3) is 0.455. The average Bonchev–Trinajstić information content (AvgIpc) is 2.29. The molecule has 1 heterocycles. The molecule has 5 heteroatoms. The maximum absolute atomic E-state index is 11.5. The van der Waals surface area contributed by atoms with Crippen molar-refractivity contribution in [2.45, 2.75) is 19.4 Å². The summed E-state index contributed by atoms with van der Waals surface area (Å²) in [5, 5.41) is 3.97. The summed E-state index contributed by atoms with van der Waals surface area (Å²) in [5.74, 6) is 2.96. The normalized spacial score (nSPS) is 9.75. The van der Waals surface area contributed by atoms with Gasteiger partial charge in [-0.3, -0.25) is 4.79 Å². The summed E-state index contributed by atoms with van der Waals surface area (Å²) in [5.41, 5.74) is 5.09. The number of unbranched alkanes of at least 4 members (excludes halogenated alkanes) is 1. The third-order valence-electron chi connectivity index (χ3n) is 1.92. The largest absolute Gasteiger partial charge is 0.490 e. The zero-order valence-corrected chi connectivity index (χ0v) is 9.06. The van der Waals surface area contributed by atoms with Crippen LogP contribution in [0.15, 0.2) is 17.1 Å². The predicted molar refractivity (Wildman–Crippen MR) is 61.1 cm³/mol. The topological polar surface area (TPSA) is 70.1 Å². The number of hydrogen-bond acceptors (Lipinski definition) is 4. The molecular formula is C11H15N3O2. The van der Waals surface area contributed by atoms with Crippen molar-refractivity contribution in [1.82, 2.24) is 9.78 Å². The van der Waals surface area contributed by atoms with Gasteiger partial charge < -0.3 is 10.5 Å². The molecule has 0 amide bonds. The van der Waals surface area contributed by atoms with Crippen molar-refractivity contribution < 1.29 is 4.74 Å². The summed E-state index contributed by atoms with van der Waals surface area (Å²) in [6.07, 6.45) is 8.01. The van der Waals surface area contributed by atoms with Crippen LogP contribution in [-0.4, -0.2) is 22.9 Å². The van der Waals surface area contributed by atoms with Crippen LogP contribution in [0.25, 0.3) is 0 Å². The molecule has 1 rings (SSSR count). The van der Waals surface area contributed by atoms with E-state index < -0.39 is 0 Å². The summed E-state index contributed by atoms with van der Waals surface area (Å²) in [6, 6.07) is 1.40. The molecule has 0 fully saturated rings. The average molecular weight is 221 g/mol. The van der Waals surface area contributed by atoms with Crippen LogP contribution < -0.4 is 16.0 Å². The van der Waals surface area contributed by atoms with E-state index in [1.165, 1.54) is 16.9 Å². The molecule has 2 N–H and O–H groups in total. The molecule has 0 aromatic carbocycles. The Kier molecular flexibility index (Phi) is 5.09. The van der Waals surface area contributed by atoms with Crippen LogP contribution in [-0.2, 0) is 6.54 Å². The lowest BCUT2D eigenvalue weighted by Crippen LogP contribution is -2.22. The number of ether oxygens (including phenoxy) is 1. The fourth-order valence-corrected chi connectivity index (χ4v) is 1.17. The Morgan fingerprint density at radius 2 is 2.44 bits per heavy atom. The fourth-order valence-electron chi connectivity index (χ4n) is 1.17. The Hall–Kier alpha value is -1.80. The van der Waals surface area contributed by atoms with E-state index in [2.05, 4.69) is 11.0 Å². The van der Waals surface area contributed by atoms with E-state index >= 15 is 0 Å². The lowest BCUT2D eigenvalue weighted by Gasteiger charge is -2.05. The molecule has 16 heavy (non-hydrogen) atoms. The number of terminal acetylenes is 1. The third-order valence-corrected chi connectivity index (χ3v) is 1.92. The van der Waals surface area contributed by atoms with Crippen LogP contribution >= 0.6 is 0 Å². The monoisotopic (exact) mass is 221 g/mol. The van der Waals surface area contributed by atoms with Crippen LogP contribution in [0.2, 0.25) is 0 Å². The van der Waals surface area contributed by atoms with E-state index in [1.54, 1.807) is 0 Å². The number of hydrogen-bond donors (Lipinski definition) is 1. The Morgan fingerprint density at radius 3 is 3.06 bits per heavy atom. The summed E-state index contributed by atoms with van der Waals surface area (Å²) in [4.78, 5) is 11.5. The SMILES string of the molecule is C#CCCCn1ncc(OCCN)cc1=O. The van der Waals surface area contributed by atoms with Gasteiger partial charge in [0.05, 0.1) is 6.20 Å². The van der Waals surface area contributed by atoms with Gasteiger partial charge in [0.1, 0.15) is 12.4 Å². The third kappa shape index (κ3) is 3.75. The van der Waals surface area contributed by atoms with Gasteiger partial charge in [-0.2, -0.15) is 5.10 Å². The number of aryl methyl sites for hydroxylation is 1. The summed E-state index contributed by atoms with van der Waals surface area (Å²) < 4.78 is 6.55. The number of aromatic nitrogens is 2. The van der Waals surface area contributed by atoms with Crippen LogP contribution in [0.5, 0.6) is 5.75 Å². The van der Waals surface area contributed by atoms with Crippen LogP contribution in [0.4, 0.5) is 0 Å². The predicted octanol–water partition coefficient (Wildman–Crippen LogP) is -0.00580. The van der Waals surface area contributed by atoms with E-state index in [0.29, 0.717) is 31.9 Å². The van der Waals surface area contributed by atoms with Crippen molar-refractivity contribution >= 4 is 0 Å². The van der Waals surface area contributed by atoms with Crippen molar-refractivity contribution in [3.05, 3.63) is 22.6 Å². The number of nitrogens with zero attached hydrogens (tertiary/aromatic N) is 2. The van der Waals surface area contributed by atoms with E-state index in [9.17, 15) is 4.79 Å². The second-order valence-electron chi connectivity index (χ2n) is 3.20. The van der Waals surface area contributed by atoms with Gasteiger partial charge >= 0.3 is 0 Å². The van der Waals surface area contributed by atoms with E-state index in [0.717, 1.165) is 6.42 Å².